The summed E-state index contributed by atoms with van der Waals surface area (Å²) in [5, 5.41) is 0. The van der Waals surface area contributed by atoms with Crippen LogP contribution in [0.3, 0.4) is 0 Å². The topological polar surface area (TPSA) is 28.1 Å². The van der Waals surface area contributed by atoms with Crippen LogP contribution in [0.4, 0.5) is 0 Å². The van der Waals surface area contributed by atoms with Gasteiger partial charge in [0.2, 0.25) is 0 Å². The van der Waals surface area contributed by atoms with Crippen molar-refractivity contribution in [1.82, 2.24) is 4.98 Å². The molecule has 2 nitrogen and oxygen atoms in total. The first-order valence-corrected chi connectivity index (χ1v) is 13.8. The molecule has 0 amide bonds. The predicted molar refractivity (Wildman–Crippen MR) is 147 cm³/mol. The van der Waals surface area contributed by atoms with Crippen molar-refractivity contribution in [3.8, 4) is 0 Å². The van der Waals surface area contributed by atoms with Crippen LogP contribution in [0.1, 0.15) is 72.0 Å². The average molecular weight is 687 g/mol. The normalized spacial score (nSPS) is 20.2. The second kappa shape index (κ2) is 8.50. The zero-order valence-corrected chi connectivity index (χ0v) is 23.3. The summed E-state index contributed by atoms with van der Waals surface area (Å²) in [5.41, 5.74) is 13.9. The maximum absolute atomic E-state index is 5.22. The van der Waals surface area contributed by atoms with Gasteiger partial charge >= 0.3 is 0 Å². The fourth-order valence-corrected chi connectivity index (χ4v) is 7.79. The molecule has 2 heterocycles. The van der Waals surface area contributed by atoms with Gasteiger partial charge in [-0.15, -0.1) is 0 Å². The molecule has 0 fully saturated rings. The number of halogens is 3. The van der Waals surface area contributed by atoms with E-state index in [4.69, 9.17) is 4.99 Å². The van der Waals surface area contributed by atoms with Crippen molar-refractivity contribution in [1.29, 1.82) is 0 Å². The number of rotatable bonds is 2. The van der Waals surface area contributed by atoms with E-state index in [2.05, 4.69) is 92.1 Å². The summed E-state index contributed by atoms with van der Waals surface area (Å²) < 4.78 is 3.67. The molecule has 0 atom stereocenters. The van der Waals surface area contributed by atoms with Crippen molar-refractivity contribution in [3.63, 3.8) is 0 Å². The Hall–Kier alpha value is -0.410. The highest BCUT2D eigenvalue weighted by atomic mass is 127. The Morgan fingerprint density at radius 1 is 0.900 bits per heavy atom. The number of aromatic nitrogens is 1. The summed E-state index contributed by atoms with van der Waals surface area (Å²) in [5.74, 6) is 0. The first kappa shape index (κ1) is 21.4. The second-order valence-corrected chi connectivity index (χ2v) is 11.7. The number of hydrogen-bond donors (Lipinski definition) is 1. The Balaban J connectivity index is 1.86. The smallest absolute Gasteiger partial charge is 0.105 e. The molecule has 1 N–H and O–H groups in total. The molecule has 0 saturated carbocycles. The molecule has 0 unspecified atom stereocenters. The Kier molecular flexibility index (Phi) is 6.08. The van der Waals surface area contributed by atoms with Crippen molar-refractivity contribution >= 4 is 70.4 Å². The summed E-state index contributed by atoms with van der Waals surface area (Å²) in [7, 11) is 0. The number of allylic oxidation sites excluding steroid dienone is 2. The number of nitrogens with zero attached hydrogens (tertiary/aromatic N) is 1. The maximum Gasteiger partial charge on any atom is 0.105 e. The van der Waals surface area contributed by atoms with Gasteiger partial charge in [-0.25, -0.2) is 4.99 Å². The molecular weight excluding hydrogens is 662 g/mol. The van der Waals surface area contributed by atoms with Crippen LogP contribution in [-0.2, 0) is 12.8 Å². The molecule has 1 aromatic heterocycles. The number of hydrogen-bond acceptors (Lipinski definition) is 1. The molecule has 30 heavy (non-hydrogen) atoms. The number of H-pyrrole nitrogens is 1. The third-order valence-corrected chi connectivity index (χ3v) is 8.99. The number of aryl methyl sites for hydroxylation is 2. The van der Waals surface area contributed by atoms with Crippen molar-refractivity contribution in [2.75, 3.05) is 0 Å². The molecule has 5 rings (SSSR count). The van der Waals surface area contributed by atoms with Crippen LogP contribution in [-0.4, -0.2) is 8.70 Å². The lowest BCUT2D eigenvalue weighted by Gasteiger charge is -2.21. The summed E-state index contributed by atoms with van der Waals surface area (Å²) >= 11 is 8.67. The molecule has 1 aliphatic heterocycles. The monoisotopic (exact) mass is 686 g/mol. The van der Waals surface area contributed by atoms with Gasteiger partial charge in [0.05, 0.1) is 15.1 Å². The van der Waals surface area contributed by atoms with Crippen molar-refractivity contribution < 1.29 is 0 Å². The lowest BCUT2D eigenvalue weighted by molar-refractivity contribution is 0.687. The van der Waals surface area contributed by atoms with Crippen molar-refractivity contribution in [2.24, 2.45) is 4.99 Å². The van der Waals surface area contributed by atoms with Crippen LogP contribution in [0, 0.1) is 17.5 Å². The van der Waals surface area contributed by atoms with Crippen LogP contribution in [0.5, 0.6) is 0 Å². The first-order chi connectivity index (χ1) is 14.5. The SMILES string of the molecule is Cc1cc(Br)cc(C)c1/C(=C1/N=C(I)C2=C1CCCC2)c1[nH]c(I)c2c1CCCC2. The van der Waals surface area contributed by atoms with Crippen molar-refractivity contribution in [3.05, 3.63) is 70.7 Å². The van der Waals surface area contributed by atoms with Gasteiger partial charge in [0.25, 0.3) is 0 Å². The molecule has 5 heteroatoms. The van der Waals surface area contributed by atoms with Crippen LogP contribution < -0.4 is 0 Å². The average Bonchev–Trinajstić information content (AvgIpc) is 3.23. The van der Waals surface area contributed by atoms with Gasteiger partial charge in [-0.2, -0.15) is 0 Å². The van der Waals surface area contributed by atoms with Crippen LogP contribution in [0.25, 0.3) is 5.57 Å². The number of aromatic amines is 1. The Bertz CT molecular complexity index is 1130. The summed E-state index contributed by atoms with van der Waals surface area (Å²) in [6.45, 7) is 4.49. The molecule has 0 bridgehead atoms. The van der Waals surface area contributed by atoms with E-state index in [-0.39, 0.29) is 0 Å². The van der Waals surface area contributed by atoms with E-state index in [0.29, 0.717) is 0 Å². The summed E-state index contributed by atoms with van der Waals surface area (Å²) in [6, 6.07) is 4.51. The van der Waals surface area contributed by atoms with Gasteiger partial charge in [-0.1, -0.05) is 15.9 Å². The molecule has 156 valence electrons. The fraction of sp³-hybridized carbons (Fsp3) is 0.400. The molecule has 3 aliphatic rings. The van der Waals surface area contributed by atoms with Crippen LogP contribution >= 0.6 is 61.1 Å². The molecular formula is C25H25BrI2N2. The highest BCUT2D eigenvalue weighted by Gasteiger charge is 2.31. The third kappa shape index (κ3) is 3.60. The van der Waals surface area contributed by atoms with Gasteiger partial charge in [0.1, 0.15) is 3.72 Å². The summed E-state index contributed by atoms with van der Waals surface area (Å²) in [4.78, 5) is 9.06. The number of benzene rings is 1. The second-order valence-electron chi connectivity index (χ2n) is 8.68. The van der Waals surface area contributed by atoms with Crippen LogP contribution in [0.2, 0.25) is 0 Å². The van der Waals surface area contributed by atoms with Gasteiger partial charge in [-0.3, -0.25) is 0 Å². The predicted octanol–water partition coefficient (Wildman–Crippen LogP) is 8.35. The lowest BCUT2D eigenvalue weighted by Crippen LogP contribution is -2.07. The Morgan fingerprint density at radius 2 is 1.50 bits per heavy atom. The van der Waals surface area contributed by atoms with Gasteiger partial charge < -0.3 is 4.98 Å². The van der Waals surface area contributed by atoms with Gasteiger partial charge in [0, 0.05) is 10.0 Å². The maximum atomic E-state index is 5.22. The molecule has 0 spiro atoms. The number of aliphatic imine (C=N–C) groups is 1. The van der Waals surface area contributed by atoms with Gasteiger partial charge in [-0.05, 0) is 161 Å². The van der Waals surface area contributed by atoms with E-state index in [0.717, 1.165) is 10.9 Å². The van der Waals surface area contributed by atoms with E-state index < -0.39 is 0 Å². The third-order valence-electron chi connectivity index (χ3n) is 6.72. The zero-order chi connectivity index (χ0) is 21.0. The van der Waals surface area contributed by atoms with Crippen molar-refractivity contribution in [2.45, 2.75) is 65.2 Å². The molecule has 2 aliphatic carbocycles. The first-order valence-electron chi connectivity index (χ1n) is 10.8. The Morgan fingerprint density at radius 3 is 2.20 bits per heavy atom. The Labute approximate surface area is 214 Å². The molecule has 0 saturated heterocycles. The van der Waals surface area contributed by atoms with E-state index in [1.54, 1.807) is 0 Å². The van der Waals surface area contributed by atoms with Crippen LogP contribution in [0.15, 0.2) is 38.4 Å². The number of nitrogens with one attached hydrogen (secondary N) is 1. The van der Waals surface area contributed by atoms with E-state index >= 15 is 0 Å². The van der Waals surface area contributed by atoms with E-state index in [9.17, 15) is 0 Å². The molecule has 0 radical (unpaired) electrons. The molecule has 2 aromatic rings. The van der Waals surface area contributed by atoms with E-state index in [1.807, 2.05) is 0 Å². The minimum atomic E-state index is 1.15. The lowest BCUT2D eigenvalue weighted by atomic mass is 9.83. The quantitative estimate of drug-likeness (QED) is 0.308. The van der Waals surface area contributed by atoms with Gasteiger partial charge in [0.15, 0.2) is 0 Å². The fourth-order valence-electron chi connectivity index (χ4n) is 5.40. The minimum absolute atomic E-state index is 1.15. The standard InChI is InChI=1S/C25H25BrI2N2/c1-13-11-15(26)12-14(2)20(13)21(22-16-7-3-5-9-18(16)24(27)29-22)23-17-8-4-6-10-19(17)25(28)30-23/h11-12,29H,3-10H2,1-2H3/b23-21-. The highest BCUT2D eigenvalue weighted by molar-refractivity contribution is 14.1. The minimum Gasteiger partial charge on any atom is -0.349 e. The zero-order valence-electron chi connectivity index (χ0n) is 17.4. The largest absolute Gasteiger partial charge is 0.349 e. The molecule has 1 aromatic carbocycles. The number of fused-ring (bicyclic) bond motifs is 1. The summed E-state index contributed by atoms with van der Waals surface area (Å²) in [6.07, 6.45) is 9.83. The highest BCUT2D eigenvalue weighted by Crippen LogP contribution is 2.46. The van der Waals surface area contributed by atoms with E-state index in [1.165, 1.54) is 108 Å².